The number of likely N-dealkylation sites (tertiary alicyclic amines) is 1. The summed E-state index contributed by atoms with van der Waals surface area (Å²) in [4.78, 5) is 30.5. The van der Waals surface area contributed by atoms with E-state index in [-0.39, 0.29) is 23.5 Å². The van der Waals surface area contributed by atoms with Crippen molar-refractivity contribution in [3.05, 3.63) is 48.4 Å². The van der Waals surface area contributed by atoms with Gasteiger partial charge in [0.25, 0.3) is 0 Å². The van der Waals surface area contributed by atoms with Gasteiger partial charge in [-0.3, -0.25) is 9.59 Å². The number of nitrogens with zero attached hydrogens (tertiary/aromatic N) is 2. The molecule has 1 saturated heterocycles. The van der Waals surface area contributed by atoms with Crippen molar-refractivity contribution in [1.82, 2.24) is 9.88 Å². The minimum absolute atomic E-state index is 0.00101. The van der Waals surface area contributed by atoms with Crippen LogP contribution in [0.3, 0.4) is 0 Å². The van der Waals surface area contributed by atoms with E-state index in [0.29, 0.717) is 30.3 Å². The van der Waals surface area contributed by atoms with Gasteiger partial charge in [-0.1, -0.05) is 13.8 Å². The second-order valence-corrected chi connectivity index (χ2v) is 6.81. The number of anilines is 1. The van der Waals surface area contributed by atoms with Gasteiger partial charge in [-0.2, -0.15) is 0 Å². The topological polar surface area (TPSA) is 71.5 Å². The molecule has 1 fully saturated rings. The quantitative estimate of drug-likeness (QED) is 0.842. The lowest BCUT2D eigenvalue weighted by Crippen LogP contribution is -2.47. The molecule has 3 rings (SSSR count). The average Bonchev–Trinajstić information content (AvgIpc) is 3.04. The van der Waals surface area contributed by atoms with Gasteiger partial charge < -0.3 is 15.0 Å². The Hall–Kier alpha value is -2.96. The van der Waals surface area contributed by atoms with Gasteiger partial charge in [0.1, 0.15) is 17.6 Å². The Morgan fingerprint density at radius 3 is 2.52 bits per heavy atom. The number of pyridine rings is 1. The van der Waals surface area contributed by atoms with Crippen molar-refractivity contribution in [1.29, 1.82) is 0 Å². The first-order valence-electron chi connectivity index (χ1n) is 8.94. The molecular weight excluding hydrogens is 349 g/mol. The average molecular weight is 371 g/mol. The van der Waals surface area contributed by atoms with E-state index in [1.807, 2.05) is 13.8 Å². The smallest absolute Gasteiger partial charge is 0.247 e. The number of rotatable bonds is 6. The molecule has 0 radical (unpaired) electrons. The van der Waals surface area contributed by atoms with Crippen molar-refractivity contribution in [2.75, 3.05) is 11.9 Å². The Bertz CT molecular complexity index is 806. The number of carbonyl (C=O) groups is 2. The van der Waals surface area contributed by atoms with Crippen molar-refractivity contribution in [2.45, 2.75) is 32.7 Å². The Morgan fingerprint density at radius 1 is 1.22 bits per heavy atom. The first kappa shape index (κ1) is 18.8. The van der Waals surface area contributed by atoms with E-state index < -0.39 is 6.04 Å². The molecule has 1 unspecified atom stereocenters. The molecule has 1 aromatic heterocycles. The maximum atomic E-state index is 12.9. The van der Waals surface area contributed by atoms with Crippen molar-refractivity contribution >= 4 is 17.5 Å². The van der Waals surface area contributed by atoms with Crippen LogP contribution in [0.25, 0.3) is 0 Å². The van der Waals surface area contributed by atoms with Gasteiger partial charge in [0.15, 0.2) is 0 Å². The Morgan fingerprint density at radius 2 is 1.96 bits per heavy atom. The predicted octanol–water partition coefficient (Wildman–Crippen LogP) is 3.60. The van der Waals surface area contributed by atoms with Crippen molar-refractivity contribution in [3.63, 3.8) is 0 Å². The molecule has 1 aromatic carbocycles. The van der Waals surface area contributed by atoms with E-state index in [0.717, 1.165) is 6.42 Å². The van der Waals surface area contributed by atoms with Crippen LogP contribution in [0.1, 0.15) is 26.7 Å². The lowest BCUT2D eigenvalue weighted by Gasteiger charge is -2.29. The highest BCUT2D eigenvalue weighted by molar-refractivity contribution is 5.97. The summed E-state index contributed by atoms with van der Waals surface area (Å²) in [6.07, 6.45) is 2.76. The van der Waals surface area contributed by atoms with Crippen LogP contribution in [0.2, 0.25) is 0 Å². The highest BCUT2D eigenvalue weighted by Gasteiger charge is 2.34. The lowest BCUT2D eigenvalue weighted by atomic mass is 10.0. The fourth-order valence-corrected chi connectivity index (χ4v) is 3.12. The van der Waals surface area contributed by atoms with Gasteiger partial charge in [-0.05, 0) is 42.7 Å². The van der Waals surface area contributed by atoms with E-state index in [4.69, 9.17) is 4.74 Å². The number of halogens is 1. The van der Waals surface area contributed by atoms with Gasteiger partial charge >= 0.3 is 0 Å². The van der Waals surface area contributed by atoms with E-state index in [1.54, 1.807) is 17.0 Å². The molecule has 0 aliphatic carbocycles. The minimum Gasteiger partial charge on any atom is -0.439 e. The number of hydrogen-bond donors (Lipinski definition) is 1. The fourth-order valence-electron chi connectivity index (χ4n) is 3.12. The number of benzene rings is 1. The first-order valence-corrected chi connectivity index (χ1v) is 8.94. The monoisotopic (exact) mass is 371 g/mol. The van der Waals surface area contributed by atoms with Crippen LogP contribution in [-0.2, 0) is 9.59 Å². The van der Waals surface area contributed by atoms with Crippen LogP contribution in [0.4, 0.5) is 10.1 Å². The molecule has 6 nitrogen and oxygen atoms in total. The Balaban J connectivity index is 1.65. The molecule has 1 aliphatic rings. The summed E-state index contributed by atoms with van der Waals surface area (Å²) in [7, 11) is 0. The highest BCUT2D eigenvalue weighted by atomic mass is 19.1. The highest BCUT2D eigenvalue weighted by Crippen LogP contribution is 2.23. The van der Waals surface area contributed by atoms with Gasteiger partial charge in [0, 0.05) is 19.0 Å². The standard InChI is InChI=1S/C20H22FN3O3/c1-13(2)19(24-11-3-4-18(24)25)20(26)23-15-7-10-17(22-12-15)27-16-8-5-14(21)6-9-16/h5-10,12-13,19H,3-4,11H2,1-2H3,(H,23,26). The lowest BCUT2D eigenvalue weighted by molar-refractivity contribution is -0.136. The molecule has 1 aliphatic heterocycles. The summed E-state index contributed by atoms with van der Waals surface area (Å²) in [5.41, 5.74) is 0.517. The zero-order valence-electron chi connectivity index (χ0n) is 15.3. The molecule has 2 amide bonds. The summed E-state index contributed by atoms with van der Waals surface area (Å²) in [5.74, 6) is 0.243. The van der Waals surface area contributed by atoms with Gasteiger partial charge in [0.05, 0.1) is 11.9 Å². The zero-order chi connectivity index (χ0) is 19.4. The third-order valence-corrected chi connectivity index (χ3v) is 4.39. The van der Waals surface area contributed by atoms with Gasteiger partial charge in [0.2, 0.25) is 17.7 Å². The van der Waals surface area contributed by atoms with Crippen LogP contribution in [-0.4, -0.2) is 34.3 Å². The molecule has 2 heterocycles. The third-order valence-electron chi connectivity index (χ3n) is 4.39. The largest absolute Gasteiger partial charge is 0.439 e. The Labute approximate surface area is 157 Å². The number of carbonyl (C=O) groups excluding carboxylic acids is 2. The molecule has 2 aromatic rings. The number of ether oxygens (including phenoxy) is 1. The van der Waals surface area contributed by atoms with E-state index in [9.17, 15) is 14.0 Å². The molecule has 142 valence electrons. The van der Waals surface area contributed by atoms with Crippen molar-refractivity contribution < 1.29 is 18.7 Å². The second-order valence-electron chi connectivity index (χ2n) is 6.81. The summed E-state index contributed by atoms with van der Waals surface area (Å²) >= 11 is 0. The number of hydrogen-bond acceptors (Lipinski definition) is 4. The minimum atomic E-state index is -0.504. The van der Waals surface area contributed by atoms with Crippen LogP contribution < -0.4 is 10.1 Å². The van der Waals surface area contributed by atoms with Gasteiger partial charge in [-0.25, -0.2) is 9.37 Å². The summed E-state index contributed by atoms with van der Waals surface area (Å²) in [6, 6.07) is 8.40. The summed E-state index contributed by atoms with van der Waals surface area (Å²) in [6.45, 7) is 4.46. The van der Waals surface area contributed by atoms with Crippen molar-refractivity contribution in [2.24, 2.45) is 5.92 Å². The van der Waals surface area contributed by atoms with E-state index in [2.05, 4.69) is 10.3 Å². The summed E-state index contributed by atoms with van der Waals surface area (Å²) < 4.78 is 18.5. The number of nitrogens with one attached hydrogen (secondary N) is 1. The Kier molecular flexibility index (Phi) is 5.69. The fraction of sp³-hybridized carbons (Fsp3) is 0.350. The van der Waals surface area contributed by atoms with Crippen molar-refractivity contribution in [3.8, 4) is 11.6 Å². The SMILES string of the molecule is CC(C)C(C(=O)Nc1ccc(Oc2ccc(F)cc2)nc1)N1CCCC1=O. The van der Waals surface area contributed by atoms with Gasteiger partial charge in [-0.15, -0.1) is 0 Å². The first-order chi connectivity index (χ1) is 12.9. The molecule has 0 bridgehead atoms. The molecule has 7 heteroatoms. The normalized spacial score (nSPS) is 15.1. The van der Waals surface area contributed by atoms with Crippen LogP contribution in [0, 0.1) is 11.7 Å². The predicted molar refractivity (Wildman–Crippen MR) is 98.9 cm³/mol. The number of amides is 2. The molecule has 0 saturated carbocycles. The third kappa shape index (κ3) is 4.61. The second kappa shape index (κ2) is 8.16. The number of aromatic nitrogens is 1. The maximum Gasteiger partial charge on any atom is 0.247 e. The molecule has 1 N–H and O–H groups in total. The zero-order valence-corrected chi connectivity index (χ0v) is 15.3. The van der Waals surface area contributed by atoms with E-state index in [1.165, 1.54) is 30.5 Å². The van der Waals surface area contributed by atoms with Crippen LogP contribution in [0.5, 0.6) is 11.6 Å². The molecule has 0 spiro atoms. The van der Waals surface area contributed by atoms with Crippen LogP contribution >= 0.6 is 0 Å². The maximum absolute atomic E-state index is 12.9. The molecular formula is C20H22FN3O3. The van der Waals surface area contributed by atoms with E-state index >= 15 is 0 Å². The van der Waals surface area contributed by atoms with Crippen LogP contribution in [0.15, 0.2) is 42.6 Å². The molecule has 27 heavy (non-hydrogen) atoms. The molecule has 1 atom stereocenters. The summed E-state index contributed by atoms with van der Waals surface area (Å²) in [5, 5.41) is 2.82.